The fourth-order valence-electron chi connectivity index (χ4n) is 4.46. The topological polar surface area (TPSA) is 12.5 Å². The van der Waals surface area contributed by atoms with Crippen LogP contribution in [-0.2, 0) is 4.74 Å². The molecule has 1 nitrogen and oxygen atoms in total. The smallest absolute Gasteiger partial charge is 0.0844 e. The van der Waals surface area contributed by atoms with E-state index in [0.29, 0.717) is 22.7 Å². The molecule has 2 heteroatoms. The second-order valence-corrected chi connectivity index (χ2v) is 10.3. The van der Waals surface area contributed by atoms with Crippen molar-refractivity contribution in [1.82, 2.24) is 0 Å². The predicted molar refractivity (Wildman–Crippen MR) is 80.1 cm³/mol. The van der Waals surface area contributed by atoms with Crippen LogP contribution in [0.2, 0.25) is 5.04 Å². The molecule has 0 aromatic carbocycles. The van der Waals surface area contributed by atoms with Gasteiger partial charge in [-0.15, -0.1) is 0 Å². The lowest BCUT2D eigenvalue weighted by atomic mass is 9.64. The van der Waals surface area contributed by atoms with Gasteiger partial charge in [-0.2, -0.15) is 0 Å². The van der Waals surface area contributed by atoms with Gasteiger partial charge >= 0.3 is 0 Å². The summed E-state index contributed by atoms with van der Waals surface area (Å²) in [6.07, 6.45) is 14.4. The van der Waals surface area contributed by atoms with E-state index in [-0.39, 0.29) is 0 Å². The Labute approximate surface area is 115 Å². The molecule has 18 heavy (non-hydrogen) atoms. The van der Waals surface area contributed by atoms with Crippen LogP contribution in [0.4, 0.5) is 0 Å². The van der Waals surface area contributed by atoms with Gasteiger partial charge in [0.1, 0.15) is 0 Å². The van der Waals surface area contributed by atoms with E-state index in [1.807, 2.05) is 0 Å². The molecule has 0 amide bonds. The number of hydrogen-bond donors (Lipinski definition) is 0. The zero-order valence-electron chi connectivity index (χ0n) is 12.5. The minimum atomic E-state index is 0.652. The van der Waals surface area contributed by atoms with E-state index >= 15 is 0 Å². The Kier molecular flexibility index (Phi) is 3.38. The molecule has 1 heterocycles. The molecule has 0 N–H and O–H groups in total. The van der Waals surface area contributed by atoms with Gasteiger partial charge in [0.25, 0.3) is 0 Å². The lowest BCUT2D eigenvalue weighted by Crippen LogP contribution is -2.36. The molecule has 5 unspecified atom stereocenters. The molecule has 0 radical (unpaired) electrons. The van der Waals surface area contributed by atoms with Crippen molar-refractivity contribution in [2.24, 2.45) is 11.3 Å². The van der Waals surface area contributed by atoms with E-state index in [1.54, 1.807) is 0 Å². The first-order valence-corrected chi connectivity index (χ1v) is 9.16. The van der Waals surface area contributed by atoms with Crippen LogP contribution in [0.3, 0.4) is 0 Å². The summed E-state index contributed by atoms with van der Waals surface area (Å²) >= 11 is 0. The lowest BCUT2D eigenvalue weighted by Gasteiger charge is -2.49. The molecule has 3 rings (SSSR count). The monoisotopic (exact) mass is 266 g/mol. The summed E-state index contributed by atoms with van der Waals surface area (Å²) in [6, 6.07) is 0. The minimum Gasteiger partial charge on any atom is -0.370 e. The normalized spacial score (nSPS) is 52.0. The Bertz CT molecular complexity index is 314. The summed E-state index contributed by atoms with van der Waals surface area (Å²) in [4.78, 5) is 0. The maximum atomic E-state index is 5.67. The fourth-order valence-corrected chi connectivity index (χ4v) is 5.31. The van der Waals surface area contributed by atoms with Gasteiger partial charge in [-0.05, 0) is 54.9 Å². The molecule has 104 valence electrons. The number of ether oxygens (including phenoxy) is 1. The van der Waals surface area contributed by atoms with Gasteiger partial charge < -0.3 is 4.74 Å². The first-order valence-electron chi connectivity index (χ1n) is 8.16. The summed E-state index contributed by atoms with van der Waals surface area (Å²) in [5.41, 5.74) is 0.652. The Morgan fingerprint density at radius 3 is 2.61 bits per heavy atom. The van der Waals surface area contributed by atoms with Crippen LogP contribution in [0.15, 0.2) is 0 Å². The molecule has 0 aromatic heterocycles. The van der Waals surface area contributed by atoms with Gasteiger partial charge in [-0.3, -0.25) is 0 Å². The SMILES string of the molecule is CC1([SiH3])CCCCC1(C)CCC1CCC2OC2C1. The van der Waals surface area contributed by atoms with E-state index in [4.69, 9.17) is 4.74 Å². The number of fused-ring (bicyclic) bond motifs is 1. The molecule has 5 atom stereocenters. The summed E-state index contributed by atoms with van der Waals surface area (Å²) < 4.78 is 5.67. The molecule has 2 saturated carbocycles. The van der Waals surface area contributed by atoms with Crippen molar-refractivity contribution >= 4 is 10.2 Å². The van der Waals surface area contributed by atoms with E-state index in [2.05, 4.69) is 13.8 Å². The summed E-state index contributed by atoms with van der Waals surface area (Å²) in [7, 11) is 1.37. The second-order valence-electron chi connectivity index (χ2n) is 8.08. The fraction of sp³-hybridized carbons (Fsp3) is 1.00. The predicted octanol–water partition coefficient (Wildman–Crippen LogP) is 3.46. The third-order valence-electron chi connectivity index (χ3n) is 6.63. The van der Waals surface area contributed by atoms with Gasteiger partial charge in [0.05, 0.1) is 12.2 Å². The molecule has 3 fully saturated rings. The van der Waals surface area contributed by atoms with Gasteiger partial charge in [-0.1, -0.05) is 33.1 Å². The average Bonchev–Trinajstić information content (AvgIpc) is 3.09. The highest BCUT2D eigenvalue weighted by molar-refractivity contribution is 6.15. The molecule has 1 aliphatic heterocycles. The summed E-state index contributed by atoms with van der Waals surface area (Å²) in [5, 5.41) is 0.693. The second kappa shape index (κ2) is 4.62. The third-order valence-corrected chi connectivity index (χ3v) is 8.34. The van der Waals surface area contributed by atoms with Crippen LogP contribution in [0.25, 0.3) is 0 Å². The van der Waals surface area contributed by atoms with Crippen LogP contribution in [0.1, 0.15) is 71.6 Å². The highest BCUT2D eigenvalue weighted by atomic mass is 28.1. The van der Waals surface area contributed by atoms with Crippen molar-refractivity contribution in [2.45, 2.75) is 88.9 Å². The van der Waals surface area contributed by atoms with E-state index in [9.17, 15) is 0 Å². The van der Waals surface area contributed by atoms with Crippen LogP contribution in [0, 0.1) is 11.3 Å². The highest BCUT2D eigenvalue weighted by Gasteiger charge is 2.46. The molecular weight excluding hydrogens is 236 g/mol. The van der Waals surface area contributed by atoms with Crippen LogP contribution < -0.4 is 0 Å². The zero-order chi connectivity index (χ0) is 12.8. The Morgan fingerprint density at radius 2 is 1.89 bits per heavy atom. The van der Waals surface area contributed by atoms with Crippen molar-refractivity contribution in [3.05, 3.63) is 0 Å². The summed E-state index contributed by atoms with van der Waals surface area (Å²) in [6.45, 7) is 5.16. The van der Waals surface area contributed by atoms with Crippen molar-refractivity contribution in [2.75, 3.05) is 0 Å². The maximum absolute atomic E-state index is 5.67. The summed E-state index contributed by atoms with van der Waals surface area (Å²) in [5.74, 6) is 0.977. The number of rotatable bonds is 3. The first-order chi connectivity index (χ1) is 8.50. The van der Waals surface area contributed by atoms with Crippen molar-refractivity contribution < 1.29 is 4.74 Å². The van der Waals surface area contributed by atoms with E-state index in [0.717, 1.165) is 5.92 Å². The molecular formula is C16H30OSi. The molecule has 3 aliphatic rings. The van der Waals surface area contributed by atoms with Gasteiger partial charge in [-0.25, -0.2) is 0 Å². The van der Waals surface area contributed by atoms with Crippen molar-refractivity contribution in [3.63, 3.8) is 0 Å². The average molecular weight is 267 g/mol. The Hall–Kier alpha value is 0.177. The van der Waals surface area contributed by atoms with Crippen LogP contribution in [-0.4, -0.2) is 22.5 Å². The largest absolute Gasteiger partial charge is 0.370 e. The Morgan fingerprint density at radius 1 is 1.11 bits per heavy atom. The van der Waals surface area contributed by atoms with Crippen molar-refractivity contribution in [3.8, 4) is 0 Å². The van der Waals surface area contributed by atoms with E-state index < -0.39 is 0 Å². The standard InChI is InChI=1S/C16H30OSi/c1-15(8-3-4-9-16(15,2)18)10-7-12-5-6-13-14(11-12)17-13/h12-14H,3-11H2,1-2,18H3. The van der Waals surface area contributed by atoms with Crippen LogP contribution in [0.5, 0.6) is 0 Å². The first kappa shape index (κ1) is 13.2. The molecule has 2 aliphatic carbocycles. The number of epoxide rings is 1. The third kappa shape index (κ3) is 2.43. The zero-order valence-corrected chi connectivity index (χ0v) is 14.5. The molecule has 0 spiro atoms. The Balaban J connectivity index is 1.54. The van der Waals surface area contributed by atoms with Gasteiger partial charge in [0.15, 0.2) is 0 Å². The van der Waals surface area contributed by atoms with Gasteiger partial charge in [0.2, 0.25) is 0 Å². The lowest BCUT2D eigenvalue weighted by molar-refractivity contribution is 0.119. The quantitative estimate of drug-likeness (QED) is 0.563. The van der Waals surface area contributed by atoms with Crippen molar-refractivity contribution in [1.29, 1.82) is 0 Å². The minimum absolute atomic E-state index is 0.652. The molecule has 1 saturated heterocycles. The van der Waals surface area contributed by atoms with E-state index in [1.165, 1.54) is 68.0 Å². The maximum Gasteiger partial charge on any atom is 0.0844 e. The molecule has 0 bridgehead atoms. The molecule has 0 aromatic rings. The van der Waals surface area contributed by atoms with Crippen LogP contribution >= 0.6 is 0 Å². The van der Waals surface area contributed by atoms with Gasteiger partial charge in [0, 0.05) is 10.2 Å². The highest BCUT2D eigenvalue weighted by Crippen LogP contribution is 2.57. The number of hydrogen-bond acceptors (Lipinski definition) is 1.